The van der Waals surface area contributed by atoms with Gasteiger partial charge in [0.05, 0.1) is 119 Å². The monoisotopic (exact) mass is 1570 g/mol. The van der Waals surface area contributed by atoms with Gasteiger partial charge >= 0.3 is 23.9 Å². The highest BCUT2D eigenvalue weighted by Gasteiger charge is 2.59. The van der Waals surface area contributed by atoms with E-state index in [4.69, 9.17) is 55.2 Å². The standard InChI is InChI=1S/C22H24O5.C20H21ClN4O3.C20H22N4O4.C11H15N5O4.C5H4N4O/c1-4-18-15(2)22(3,27-20(24)17-13-9-6-10-14-17)21(25-18)26-19(23)16-11-7-5-8-12-16;1-4-15-12(2)20(3,28-18(26)13-8-6-5-7-9-13)19(27-15)25-11-22-16-14(25)10-23-24-17(16)21;1-4-15-12(2)20(3,28-18(26)13-8-6-5-7-9-13)19(27-15)24-11-21-16-14(24)10-22-23-17(16)25;1-11(19)8(18)6(3-17)20-10(11)16-4-13-7-5(16)2-14-15-9(7)12;10-5-4-3(1-8-9-5)6-2-7-4/h5-15,18,21H,4H2,1-3H3;5-12,15,19H,4H2,1-3H3;5-12,15,19H,4H2,1-3H3,(H,23,25);2,4,6,8,10,17-19H,3H2,1H3,(H2,12,15);1-2H,(H,6,7)(H,9,10)/t15-,18-,21?,22-;2*12-,15-,19-,20-;6-,8-,10-,11-;/m1111./s1. The van der Waals surface area contributed by atoms with Crippen LogP contribution in [0.2, 0.25) is 5.15 Å². The number of hydrogen-bond acceptors (Lipinski definition) is 28. The summed E-state index contributed by atoms with van der Waals surface area (Å²) in [5, 5.41) is 57.1. The van der Waals surface area contributed by atoms with Crippen LogP contribution in [0.25, 0.3) is 44.1 Å². The van der Waals surface area contributed by atoms with Gasteiger partial charge in [-0.25, -0.2) is 49.3 Å². The Balaban J connectivity index is 0.000000134. The largest absolute Gasteiger partial charge is 0.451 e. The van der Waals surface area contributed by atoms with Gasteiger partial charge in [0, 0.05) is 17.8 Å². The molecule has 12 heterocycles. The summed E-state index contributed by atoms with van der Waals surface area (Å²) in [7, 11) is 0. The lowest BCUT2D eigenvalue weighted by Crippen LogP contribution is -2.46. The molecule has 4 aromatic carbocycles. The minimum atomic E-state index is -1.58. The summed E-state index contributed by atoms with van der Waals surface area (Å²) in [6, 6.07) is 35.3. The van der Waals surface area contributed by atoms with Crippen molar-refractivity contribution in [3.05, 3.63) is 220 Å². The van der Waals surface area contributed by atoms with Crippen molar-refractivity contribution in [1.29, 1.82) is 0 Å². The van der Waals surface area contributed by atoms with Crippen LogP contribution in [0.3, 0.4) is 0 Å². The van der Waals surface area contributed by atoms with Gasteiger partial charge in [-0.15, -0.1) is 10.2 Å². The number of carbonyl (C=O) groups excluding carboxylic acids is 4. The fourth-order valence-electron chi connectivity index (χ4n) is 14.2. The number of esters is 4. The first-order valence-corrected chi connectivity index (χ1v) is 36.9. The van der Waals surface area contributed by atoms with Crippen LogP contribution in [0.4, 0.5) is 5.82 Å². The Morgan fingerprint density at radius 2 is 0.912 bits per heavy atom. The fourth-order valence-corrected chi connectivity index (χ4v) is 14.4. The summed E-state index contributed by atoms with van der Waals surface area (Å²) in [6.07, 6.45) is 8.87. The van der Waals surface area contributed by atoms with Crippen molar-refractivity contribution in [2.24, 2.45) is 17.8 Å². The zero-order valence-electron chi connectivity index (χ0n) is 63.2. The average Bonchev–Trinajstić information content (AvgIpc) is 1.60. The van der Waals surface area contributed by atoms with E-state index >= 15 is 0 Å². The van der Waals surface area contributed by atoms with E-state index < -0.39 is 84.1 Å². The highest BCUT2D eigenvalue weighted by molar-refractivity contribution is 6.33. The Morgan fingerprint density at radius 3 is 1.39 bits per heavy atom. The third-order valence-corrected chi connectivity index (χ3v) is 21.5. The zero-order chi connectivity index (χ0) is 80.7. The molecule has 4 saturated heterocycles. The summed E-state index contributed by atoms with van der Waals surface area (Å²) in [5.74, 6) is -1.84. The van der Waals surface area contributed by atoms with Crippen LogP contribution in [-0.4, -0.2) is 184 Å². The quantitative estimate of drug-likeness (QED) is 0.0371. The van der Waals surface area contributed by atoms with Crippen LogP contribution in [0.5, 0.6) is 0 Å². The second kappa shape index (κ2) is 34.1. The molecule has 0 saturated carbocycles. The normalized spacial score (nSPS) is 26.9. The summed E-state index contributed by atoms with van der Waals surface area (Å²) in [6.45, 7) is 18.6. The molecule has 592 valence electrons. The van der Waals surface area contributed by atoms with E-state index in [2.05, 4.69) is 72.6 Å². The minimum absolute atomic E-state index is 0.0297. The van der Waals surface area contributed by atoms with Crippen molar-refractivity contribution >= 4 is 85.4 Å². The van der Waals surface area contributed by atoms with Crippen LogP contribution in [0, 0.1) is 17.8 Å². The lowest BCUT2D eigenvalue weighted by atomic mass is 9.86. The second-order valence-electron chi connectivity index (χ2n) is 28.2. The molecule has 0 aliphatic carbocycles. The molecule has 35 heteroatoms. The lowest BCUT2D eigenvalue weighted by Gasteiger charge is -2.34. The molecule has 12 aromatic rings. The number of aliphatic hydroxyl groups is 3. The maximum absolute atomic E-state index is 12.8. The smallest absolute Gasteiger partial charge is 0.340 e. The van der Waals surface area contributed by atoms with Gasteiger partial charge in [-0.2, -0.15) is 20.4 Å². The van der Waals surface area contributed by atoms with Crippen molar-refractivity contribution in [2.45, 2.75) is 166 Å². The molecule has 8 N–H and O–H groups in total. The molecule has 0 bridgehead atoms. The Hall–Kier alpha value is -11.6. The molecule has 4 aliphatic rings. The number of H-pyrrole nitrogens is 3. The number of nitrogens with two attached hydrogens (primary N) is 1. The summed E-state index contributed by atoms with van der Waals surface area (Å²) in [4.78, 5) is 92.8. The zero-order valence-corrected chi connectivity index (χ0v) is 64.0. The van der Waals surface area contributed by atoms with Gasteiger partial charge < -0.3 is 63.9 Å². The maximum Gasteiger partial charge on any atom is 0.340 e. The molecule has 16 atom stereocenters. The first-order chi connectivity index (χ1) is 54.2. The minimum Gasteiger partial charge on any atom is -0.451 e. The fraction of sp³-hybridized carbons (Fsp3) is 0.385. The molecule has 0 radical (unpaired) electrons. The maximum atomic E-state index is 12.8. The Morgan fingerprint density at radius 1 is 0.513 bits per heavy atom. The number of rotatable bonds is 15. The third kappa shape index (κ3) is 16.3. The molecule has 4 fully saturated rings. The van der Waals surface area contributed by atoms with E-state index in [-0.39, 0.29) is 69.6 Å². The number of nitrogens with zero attached hydrogens (tertiary/aromatic N) is 13. The number of nitrogens with one attached hydrogen (secondary N) is 3. The molecule has 16 rings (SSSR count). The predicted octanol–water partition coefficient (Wildman–Crippen LogP) is 9.00. The number of aromatic amines is 3. The van der Waals surface area contributed by atoms with Gasteiger partial charge in [-0.05, 0) is 95.5 Å². The van der Waals surface area contributed by atoms with E-state index in [0.29, 0.717) is 60.9 Å². The Kier molecular flexibility index (Phi) is 24.4. The van der Waals surface area contributed by atoms with Crippen molar-refractivity contribution in [3.63, 3.8) is 0 Å². The summed E-state index contributed by atoms with van der Waals surface area (Å²) in [5.41, 5.74) is 6.35. The van der Waals surface area contributed by atoms with Gasteiger partial charge in [-0.3, -0.25) is 23.3 Å². The average molecular weight is 1570 g/mol. The first-order valence-electron chi connectivity index (χ1n) is 36.5. The molecular formula is C78H86ClN17O17. The van der Waals surface area contributed by atoms with E-state index in [0.717, 1.165) is 19.3 Å². The summed E-state index contributed by atoms with van der Waals surface area (Å²) < 4.78 is 52.7. The third-order valence-electron chi connectivity index (χ3n) is 21.2. The molecular weight excluding hydrogens is 1480 g/mol. The number of carbonyl (C=O) groups is 4. The summed E-state index contributed by atoms with van der Waals surface area (Å²) >= 11 is 6.12. The van der Waals surface area contributed by atoms with Crippen LogP contribution in [0.1, 0.15) is 149 Å². The molecule has 0 spiro atoms. The van der Waals surface area contributed by atoms with Gasteiger partial charge in [0.2, 0.25) is 6.29 Å². The Labute approximate surface area is 650 Å². The lowest BCUT2D eigenvalue weighted by molar-refractivity contribution is -0.169. The predicted molar refractivity (Wildman–Crippen MR) is 408 cm³/mol. The SMILES string of the molecule is CC[C@H]1OC(OC(=O)c2ccccc2)[C@](C)(OC(=O)c2ccccc2)[C@@H]1C.CC[C@H]1O[C@@H](n2cnc3c(=O)[nH]ncc32)[C@](C)(OC(=O)c2ccccc2)[C@@H]1C.CC[C@H]1O[C@@H](n2cnc3c(Cl)nncc32)[C@](C)(OC(=O)c2ccccc2)[C@@H]1C.C[C@@]1(O)[C@H](O)[C@@H](CO)O[C@H]1n1cnc2c(N)nncc21.O=c1[nH]ncc2[nH]cnc12. The van der Waals surface area contributed by atoms with Crippen molar-refractivity contribution in [1.82, 2.24) is 79.4 Å². The molecule has 113 heavy (non-hydrogen) atoms. The number of fused-ring (bicyclic) bond motifs is 4. The van der Waals surface area contributed by atoms with E-state index in [9.17, 15) is 44.1 Å². The number of imidazole rings is 4. The molecule has 1 unspecified atom stereocenters. The number of hydrogen-bond donors (Lipinski definition) is 7. The van der Waals surface area contributed by atoms with E-state index in [1.54, 1.807) is 109 Å². The van der Waals surface area contributed by atoms with E-state index in [1.165, 1.54) is 49.1 Å². The van der Waals surface area contributed by atoms with Gasteiger partial charge in [0.1, 0.15) is 28.8 Å². The van der Waals surface area contributed by atoms with Gasteiger partial charge in [-0.1, -0.05) is 126 Å². The van der Waals surface area contributed by atoms with Crippen LogP contribution in [-0.2, 0) is 37.9 Å². The first kappa shape index (κ1) is 80.9. The van der Waals surface area contributed by atoms with Crippen LogP contribution < -0.4 is 16.9 Å². The number of aliphatic hydroxyl groups excluding tert-OH is 2. The number of halogens is 1. The molecule has 0 amide bonds. The molecule has 8 aromatic heterocycles. The van der Waals surface area contributed by atoms with Gasteiger partial charge in [0.15, 0.2) is 57.5 Å². The van der Waals surface area contributed by atoms with Crippen molar-refractivity contribution in [2.75, 3.05) is 12.3 Å². The van der Waals surface area contributed by atoms with Crippen LogP contribution >= 0.6 is 11.6 Å². The number of anilines is 1. The highest BCUT2D eigenvalue weighted by Crippen LogP contribution is 2.50. The second-order valence-corrected chi connectivity index (χ2v) is 28.6. The highest BCUT2D eigenvalue weighted by atomic mass is 35.5. The molecule has 4 aliphatic heterocycles. The number of ether oxygens (including phenoxy) is 8. The Bertz CT molecular complexity index is 5420. The topological polar surface area (TPSA) is 454 Å². The van der Waals surface area contributed by atoms with Crippen LogP contribution in [0.15, 0.2) is 181 Å². The van der Waals surface area contributed by atoms with Gasteiger partial charge in [0.25, 0.3) is 11.1 Å². The van der Waals surface area contributed by atoms with E-state index in [1.807, 2.05) is 89.4 Å². The van der Waals surface area contributed by atoms with Crippen molar-refractivity contribution in [3.8, 4) is 0 Å². The number of nitrogen functional groups attached to an aromatic ring is 1. The number of aromatic nitrogens is 16. The molecule has 34 nitrogen and oxygen atoms in total. The number of benzene rings is 4. The van der Waals surface area contributed by atoms with Crippen molar-refractivity contribution < 1.29 is 72.4 Å².